The molecular weight excluding hydrogens is 346 g/mol. The van der Waals surface area contributed by atoms with Crippen molar-refractivity contribution in [2.45, 2.75) is 46.0 Å². The van der Waals surface area contributed by atoms with Crippen molar-refractivity contribution in [3.8, 4) is 0 Å². The van der Waals surface area contributed by atoms with Crippen molar-refractivity contribution in [3.63, 3.8) is 0 Å². The van der Waals surface area contributed by atoms with Gasteiger partial charge in [0.2, 0.25) is 0 Å². The van der Waals surface area contributed by atoms with Crippen LogP contribution in [0.5, 0.6) is 0 Å². The van der Waals surface area contributed by atoms with E-state index in [1.807, 2.05) is 19.1 Å². The monoisotopic (exact) mass is 377 g/mol. The van der Waals surface area contributed by atoms with Gasteiger partial charge in [-0.25, -0.2) is 4.79 Å². The van der Waals surface area contributed by atoms with Crippen LogP contribution in [0.25, 0.3) is 0 Å². The highest BCUT2D eigenvalue weighted by molar-refractivity contribution is 7.80. The SMILES string of the molecule is CCOC(=O)c1cccc(NC(=S)NCCCN2CCCCCC2)c1C. The quantitative estimate of drug-likeness (QED) is 0.429. The van der Waals surface area contributed by atoms with Gasteiger partial charge in [0.1, 0.15) is 0 Å². The number of carbonyl (C=O) groups is 1. The molecule has 6 heteroatoms. The minimum Gasteiger partial charge on any atom is -0.462 e. The summed E-state index contributed by atoms with van der Waals surface area (Å²) in [6.07, 6.45) is 6.45. The number of ether oxygens (including phenoxy) is 1. The molecule has 0 aromatic heterocycles. The van der Waals surface area contributed by atoms with Crippen LogP contribution in [0.1, 0.15) is 54.9 Å². The average molecular weight is 378 g/mol. The van der Waals surface area contributed by atoms with Crippen molar-refractivity contribution in [2.24, 2.45) is 0 Å². The molecule has 144 valence electrons. The summed E-state index contributed by atoms with van der Waals surface area (Å²) in [5, 5.41) is 7.05. The van der Waals surface area contributed by atoms with Gasteiger partial charge in [0.25, 0.3) is 0 Å². The van der Waals surface area contributed by atoms with Crippen molar-refractivity contribution in [3.05, 3.63) is 29.3 Å². The number of nitrogens with one attached hydrogen (secondary N) is 2. The molecule has 1 saturated heterocycles. The van der Waals surface area contributed by atoms with Gasteiger partial charge in [-0.05, 0) is 82.7 Å². The van der Waals surface area contributed by atoms with Crippen molar-refractivity contribution in [1.82, 2.24) is 10.2 Å². The molecule has 0 bridgehead atoms. The first-order chi connectivity index (χ1) is 12.6. The maximum absolute atomic E-state index is 12.0. The molecular formula is C20H31N3O2S. The molecule has 1 aliphatic rings. The molecule has 1 heterocycles. The van der Waals surface area contributed by atoms with E-state index in [-0.39, 0.29) is 5.97 Å². The summed E-state index contributed by atoms with van der Waals surface area (Å²) in [5.74, 6) is -0.301. The van der Waals surface area contributed by atoms with Gasteiger partial charge < -0.3 is 20.3 Å². The molecule has 0 atom stereocenters. The fraction of sp³-hybridized carbons (Fsp3) is 0.600. The van der Waals surface area contributed by atoms with Gasteiger partial charge in [-0.15, -0.1) is 0 Å². The molecule has 1 aliphatic heterocycles. The Labute approximate surface area is 162 Å². The Kier molecular flexibility index (Phi) is 8.85. The number of anilines is 1. The summed E-state index contributed by atoms with van der Waals surface area (Å²) in [6.45, 7) is 8.49. The minimum absolute atomic E-state index is 0.301. The van der Waals surface area contributed by atoms with Gasteiger partial charge in [-0.1, -0.05) is 18.9 Å². The number of rotatable bonds is 7. The summed E-state index contributed by atoms with van der Waals surface area (Å²) in [7, 11) is 0. The van der Waals surface area contributed by atoms with Gasteiger partial charge in [0, 0.05) is 12.2 Å². The van der Waals surface area contributed by atoms with Gasteiger partial charge in [-0.2, -0.15) is 0 Å². The van der Waals surface area contributed by atoms with Crippen LogP contribution in [0.4, 0.5) is 5.69 Å². The molecule has 5 nitrogen and oxygen atoms in total. The predicted molar refractivity (Wildman–Crippen MR) is 111 cm³/mol. The van der Waals surface area contributed by atoms with Crippen LogP contribution in [0.3, 0.4) is 0 Å². The van der Waals surface area contributed by atoms with Gasteiger partial charge >= 0.3 is 5.97 Å². The maximum atomic E-state index is 12.0. The first kappa shape index (κ1) is 20.6. The van der Waals surface area contributed by atoms with E-state index in [1.54, 1.807) is 13.0 Å². The number of benzene rings is 1. The van der Waals surface area contributed by atoms with E-state index < -0.39 is 0 Å². The lowest BCUT2D eigenvalue weighted by Gasteiger charge is -2.20. The Morgan fingerprint density at radius 2 is 1.96 bits per heavy atom. The summed E-state index contributed by atoms with van der Waals surface area (Å²) < 4.78 is 5.09. The Morgan fingerprint density at radius 3 is 2.65 bits per heavy atom. The second kappa shape index (κ2) is 11.1. The number of esters is 1. The van der Waals surface area contributed by atoms with Gasteiger partial charge in [-0.3, -0.25) is 0 Å². The first-order valence-electron chi connectivity index (χ1n) is 9.65. The largest absolute Gasteiger partial charge is 0.462 e. The molecule has 1 aromatic carbocycles. The third-order valence-electron chi connectivity index (χ3n) is 4.71. The van der Waals surface area contributed by atoms with Gasteiger partial charge in [0.05, 0.1) is 12.2 Å². The molecule has 1 aromatic rings. The molecule has 0 spiro atoms. The predicted octanol–water partition coefficient (Wildman–Crippen LogP) is 3.72. The van der Waals surface area contributed by atoms with E-state index in [9.17, 15) is 4.79 Å². The third kappa shape index (κ3) is 6.57. The molecule has 2 rings (SSSR count). The van der Waals surface area contributed by atoms with Crippen LogP contribution in [0.2, 0.25) is 0 Å². The van der Waals surface area contributed by atoms with E-state index in [2.05, 4.69) is 15.5 Å². The molecule has 0 aliphatic carbocycles. The highest BCUT2D eigenvalue weighted by Gasteiger charge is 2.13. The van der Waals surface area contributed by atoms with Crippen LogP contribution < -0.4 is 10.6 Å². The Balaban J connectivity index is 1.77. The van der Waals surface area contributed by atoms with Crippen molar-refractivity contribution < 1.29 is 9.53 Å². The number of carbonyl (C=O) groups excluding carboxylic acids is 1. The third-order valence-corrected chi connectivity index (χ3v) is 4.96. The van der Waals surface area contributed by atoms with E-state index in [0.717, 1.165) is 30.8 Å². The minimum atomic E-state index is -0.301. The van der Waals surface area contributed by atoms with E-state index in [1.165, 1.54) is 38.8 Å². The van der Waals surface area contributed by atoms with Crippen LogP contribution in [-0.2, 0) is 4.74 Å². The lowest BCUT2D eigenvalue weighted by atomic mass is 10.1. The Morgan fingerprint density at radius 1 is 1.23 bits per heavy atom. The summed E-state index contributed by atoms with van der Waals surface area (Å²) in [5.41, 5.74) is 2.25. The molecule has 0 radical (unpaired) electrons. The number of nitrogens with zero attached hydrogens (tertiary/aromatic N) is 1. The van der Waals surface area contributed by atoms with Crippen molar-refractivity contribution >= 4 is 29.0 Å². The zero-order valence-electron chi connectivity index (χ0n) is 16.0. The van der Waals surface area contributed by atoms with E-state index in [4.69, 9.17) is 17.0 Å². The highest BCUT2D eigenvalue weighted by Crippen LogP contribution is 2.19. The first-order valence-corrected chi connectivity index (χ1v) is 10.1. The normalized spacial score (nSPS) is 15.2. The van der Waals surface area contributed by atoms with Crippen LogP contribution >= 0.6 is 12.2 Å². The topological polar surface area (TPSA) is 53.6 Å². The fourth-order valence-corrected chi connectivity index (χ4v) is 3.44. The summed E-state index contributed by atoms with van der Waals surface area (Å²) in [6, 6.07) is 5.53. The zero-order valence-corrected chi connectivity index (χ0v) is 16.8. The lowest BCUT2D eigenvalue weighted by Crippen LogP contribution is -2.33. The van der Waals surface area contributed by atoms with Crippen molar-refractivity contribution in [1.29, 1.82) is 0 Å². The number of thiocarbonyl (C=S) groups is 1. The molecule has 0 amide bonds. The highest BCUT2D eigenvalue weighted by atomic mass is 32.1. The molecule has 26 heavy (non-hydrogen) atoms. The molecule has 1 fully saturated rings. The second-order valence-electron chi connectivity index (χ2n) is 6.69. The standard InChI is InChI=1S/C20H31N3O2S/c1-3-25-19(24)17-10-8-11-18(16(17)2)22-20(26)21-12-9-15-23-13-6-4-5-7-14-23/h8,10-11H,3-7,9,12-15H2,1-2H3,(H2,21,22,26). The van der Waals surface area contributed by atoms with Crippen LogP contribution in [0.15, 0.2) is 18.2 Å². The zero-order chi connectivity index (χ0) is 18.8. The number of hydrogen-bond acceptors (Lipinski definition) is 4. The van der Waals surface area contributed by atoms with Gasteiger partial charge in [0.15, 0.2) is 5.11 Å². The maximum Gasteiger partial charge on any atom is 0.338 e. The van der Waals surface area contributed by atoms with E-state index in [0.29, 0.717) is 17.3 Å². The number of hydrogen-bond donors (Lipinski definition) is 2. The molecule has 0 unspecified atom stereocenters. The number of likely N-dealkylation sites (tertiary alicyclic amines) is 1. The van der Waals surface area contributed by atoms with Crippen molar-refractivity contribution in [2.75, 3.05) is 38.1 Å². The lowest BCUT2D eigenvalue weighted by molar-refractivity contribution is 0.0525. The smallest absolute Gasteiger partial charge is 0.338 e. The second-order valence-corrected chi connectivity index (χ2v) is 7.10. The van der Waals surface area contributed by atoms with Crippen LogP contribution in [0, 0.1) is 6.92 Å². The molecule has 0 saturated carbocycles. The summed E-state index contributed by atoms with van der Waals surface area (Å²) in [4.78, 5) is 14.5. The fourth-order valence-electron chi connectivity index (χ4n) is 3.23. The Hall–Kier alpha value is -1.66. The van der Waals surface area contributed by atoms with Crippen LogP contribution in [-0.4, -0.2) is 48.8 Å². The average Bonchev–Trinajstić information content (AvgIpc) is 2.89. The molecule has 2 N–H and O–H groups in total. The summed E-state index contributed by atoms with van der Waals surface area (Å²) >= 11 is 5.40. The van der Waals surface area contributed by atoms with E-state index >= 15 is 0 Å². The Bertz CT molecular complexity index is 599.